The standard InChI is InChI=1S/C19H22N4O2/c1-14-4-2-6-16-19(14)22-17(21-16)7-8-18(25)23(10-11-24)13-15-5-3-9-20-12-15/h2-6,9,12,24H,7-8,10-11,13H2,1H3,(H,21,22). The molecule has 0 aliphatic heterocycles. The Balaban J connectivity index is 1.65. The van der Waals surface area contributed by atoms with Crippen molar-refractivity contribution >= 4 is 16.9 Å². The van der Waals surface area contributed by atoms with Crippen LogP contribution in [0.2, 0.25) is 0 Å². The molecule has 3 aromatic rings. The van der Waals surface area contributed by atoms with Crippen molar-refractivity contribution in [3.05, 3.63) is 59.7 Å². The SMILES string of the molecule is Cc1cccc2[nH]c(CCC(=O)N(CCO)Cc3cccnc3)nc12. The minimum absolute atomic E-state index is 0.00455. The smallest absolute Gasteiger partial charge is 0.223 e. The Bertz CT molecular complexity index is 845. The number of amides is 1. The van der Waals surface area contributed by atoms with Gasteiger partial charge in [-0.15, -0.1) is 0 Å². The molecule has 0 aliphatic carbocycles. The van der Waals surface area contributed by atoms with Crippen LogP contribution in [0.5, 0.6) is 0 Å². The van der Waals surface area contributed by atoms with Crippen molar-refractivity contribution < 1.29 is 9.90 Å². The van der Waals surface area contributed by atoms with Crippen LogP contribution in [0.1, 0.15) is 23.4 Å². The van der Waals surface area contributed by atoms with E-state index in [1.807, 2.05) is 37.3 Å². The molecule has 0 spiro atoms. The minimum Gasteiger partial charge on any atom is -0.395 e. The van der Waals surface area contributed by atoms with Crippen LogP contribution in [-0.2, 0) is 17.8 Å². The molecule has 0 unspecified atom stereocenters. The maximum atomic E-state index is 12.5. The number of hydrogen-bond acceptors (Lipinski definition) is 4. The highest BCUT2D eigenvalue weighted by Gasteiger charge is 2.15. The molecule has 0 saturated heterocycles. The number of aromatic amines is 1. The molecule has 0 saturated carbocycles. The van der Waals surface area contributed by atoms with Gasteiger partial charge < -0.3 is 15.0 Å². The van der Waals surface area contributed by atoms with Gasteiger partial charge in [0.05, 0.1) is 17.6 Å². The lowest BCUT2D eigenvalue weighted by molar-refractivity contribution is -0.132. The summed E-state index contributed by atoms with van der Waals surface area (Å²) in [6.45, 7) is 2.73. The van der Waals surface area contributed by atoms with Crippen molar-refractivity contribution in [2.75, 3.05) is 13.2 Å². The second-order valence-corrected chi connectivity index (χ2v) is 6.05. The lowest BCUT2D eigenvalue weighted by Gasteiger charge is -2.21. The van der Waals surface area contributed by atoms with Crippen molar-refractivity contribution in [3.63, 3.8) is 0 Å². The Morgan fingerprint density at radius 2 is 2.16 bits per heavy atom. The number of carbonyl (C=O) groups excluding carboxylic acids is 1. The number of fused-ring (bicyclic) bond motifs is 1. The largest absolute Gasteiger partial charge is 0.395 e. The number of aliphatic hydroxyl groups excluding tert-OH is 1. The monoisotopic (exact) mass is 338 g/mol. The molecule has 2 N–H and O–H groups in total. The topological polar surface area (TPSA) is 82.1 Å². The molecule has 2 heterocycles. The molecule has 0 fully saturated rings. The first-order valence-corrected chi connectivity index (χ1v) is 8.39. The third kappa shape index (κ3) is 4.22. The van der Waals surface area contributed by atoms with Crippen LogP contribution >= 0.6 is 0 Å². The Hall–Kier alpha value is -2.73. The Morgan fingerprint density at radius 3 is 2.88 bits per heavy atom. The van der Waals surface area contributed by atoms with E-state index in [0.29, 0.717) is 25.9 Å². The summed E-state index contributed by atoms with van der Waals surface area (Å²) in [5.41, 5.74) is 4.01. The summed E-state index contributed by atoms with van der Waals surface area (Å²) in [6.07, 6.45) is 4.33. The number of aryl methyl sites for hydroxylation is 2. The number of H-pyrrole nitrogens is 1. The first-order valence-electron chi connectivity index (χ1n) is 8.39. The Kier molecular flexibility index (Phi) is 5.40. The highest BCUT2D eigenvalue weighted by molar-refractivity contribution is 5.79. The number of benzene rings is 1. The maximum Gasteiger partial charge on any atom is 0.223 e. The van der Waals surface area contributed by atoms with Gasteiger partial charge >= 0.3 is 0 Å². The molecular formula is C19H22N4O2. The number of aromatic nitrogens is 3. The number of carbonyl (C=O) groups is 1. The van der Waals surface area contributed by atoms with E-state index >= 15 is 0 Å². The van der Waals surface area contributed by atoms with E-state index in [1.165, 1.54) is 0 Å². The Morgan fingerprint density at radius 1 is 1.28 bits per heavy atom. The van der Waals surface area contributed by atoms with Crippen molar-refractivity contribution in [1.82, 2.24) is 19.9 Å². The van der Waals surface area contributed by atoms with Crippen LogP contribution in [-0.4, -0.2) is 44.0 Å². The van der Waals surface area contributed by atoms with Gasteiger partial charge in [0.2, 0.25) is 5.91 Å². The summed E-state index contributed by atoms with van der Waals surface area (Å²) >= 11 is 0. The lowest BCUT2D eigenvalue weighted by Crippen LogP contribution is -2.33. The zero-order valence-corrected chi connectivity index (χ0v) is 14.3. The Labute approximate surface area is 146 Å². The van der Waals surface area contributed by atoms with Crippen LogP contribution in [0.3, 0.4) is 0 Å². The summed E-state index contributed by atoms with van der Waals surface area (Å²) in [5, 5.41) is 9.25. The molecule has 6 nitrogen and oxygen atoms in total. The molecule has 0 atom stereocenters. The molecule has 1 aromatic carbocycles. The first kappa shape index (κ1) is 17.1. The van der Waals surface area contributed by atoms with E-state index in [0.717, 1.165) is 28.0 Å². The number of imidazole rings is 1. The van der Waals surface area contributed by atoms with Gasteiger partial charge in [-0.25, -0.2) is 4.98 Å². The van der Waals surface area contributed by atoms with E-state index in [2.05, 4.69) is 15.0 Å². The highest BCUT2D eigenvalue weighted by atomic mass is 16.3. The fraction of sp³-hybridized carbons (Fsp3) is 0.316. The van der Waals surface area contributed by atoms with Crippen LogP contribution < -0.4 is 0 Å². The average Bonchev–Trinajstić information content (AvgIpc) is 3.05. The van der Waals surface area contributed by atoms with Gasteiger partial charge in [0, 0.05) is 38.3 Å². The van der Waals surface area contributed by atoms with E-state index in [9.17, 15) is 9.90 Å². The normalized spacial score (nSPS) is 11.0. The number of para-hydroxylation sites is 1. The number of hydrogen-bond donors (Lipinski definition) is 2. The zero-order valence-electron chi connectivity index (χ0n) is 14.3. The first-order chi connectivity index (χ1) is 12.2. The summed E-state index contributed by atoms with van der Waals surface area (Å²) < 4.78 is 0. The van der Waals surface area contributed by atoms with Crippen LogP contribution in [0.15, 0.2) is 42.7 Å². The van der Waals surface area contributed by atoms with Crippen LogP contribution in [0, 0.1) is 6.92 Å². The van der Waals surface area contributed by atoms with Crippen molar-refractivity contribution in [1.29, 1.82) is 0 Å². The summed E-state index contributed by atoms with van der Waals surface area (Å²) in [5.74, 6) is 0.804. The second-order valence-electron chi connectivity index (χ2n) is 6.05. The fourth-order valence-electron chi connectivity index (χ4n) is 2.85. The number of rotatable bonds is 7. The summed E-state index contributed by atoms with van der Waals surface area (Å²) in [6, 6.07) is 9.76. The number of nitrogens with zero attached hydrogens (tertiary/aromatic N) is 3. The second kappa shape index (κ2) is 7.90. The summed E-state index contributed by atoms with van der Waals surface area (Å²) in [4.78, 5) is 26.1. The predicted molar refractivity (Wildman–Crippen MR) is 95.9 cm³/mol. The van der Waals surface area contributed by atoms with Gasteiger partial charge in [0.1, 0.15) is 5.82 Å². The van der Waals surface area contributed by atoms with Gasteiger partial charge in [0.15, 0.2) is 0 Å². The quantitative estimate of drug-likeness (QED) is 0.692. The van der Waals surface area contributed by atoms with Gasteiger partial charge in [0.25, 0.3) is 0 Å². The van der Waals surface area contributed by atoms with Gasteiger partial charge in [-0.1, -0.05) is 18.2 Å². The van der Waals surface area contributed by atoms with Crippen molar-refractivity contribution in [2.45, 2.75) is 26.3 Å². The van der Waals surface area contributed by atoms with Crippen molar-refractivity contribution in [3.8, 4) is 0 Å². The maximum absolute atomic E-state index is 12.5. The third-order valence-corrected chi connectivity index (χ3v) is 4.16. The van der Waals surface area contributed by atoms with Gasteiger partial charge in [-0.3, -0.25) is 9.78 Å². The van der Waals surface area contributed by atoms with Crippen LogP contribution in [0.4, 0.5) is 0 Å². The van der Waals surface area contributed by atoms with Crippen molar-refractivity contribution in [2.24, 2.45) is 0 Å². The molecule has 0 radical (unpaired) electrons. The summed E-state index contributed by atoms with van der Waals surface area (Å²) in [7, 11) is 0. The van der Waals surface area contributed by atoms with Gasteiger partial charge in [-0.05, 0) is 30.2 Å². The molecule has 1 amide bonds. The molecule has 6 heteroatoms. The third-order valence-electron chi connectivity index (χ3n) is 4.16. The van der Waals surface area contributed by atoms with E-state index < -0.39 is 0 Å². The van der Waals surface area contributed by atoms with E-state index in [1.54, 1.807) is 17.3 Å². The van der Waals surface area contributed by atoms with E-state index in [-0.39, 0.29) is 12.5 Å². The molecular weight excluding hydrogens is 316 g/mol. The molecule has 2 aromatic heterocycles. The molecule has 25 heavy (non-hydrogen) atoms. The number of pyridine rings is 1. The molecule has 3 rings (SSSR count). The lowest BCUT2D eigenvalue weighted by atomic mass is 10.2. The van der Waals surface area contributed by atoms with Crippen LogP contribution in [0.25, 0.3) is 11.0 Å². The molecule has 130 valence electrons. The number of nitrogens with one attached hydrogen (secondary N) is 1. The van der Waals surface area contributed by atoms with E-state index in [4.69, 9.17) is 0 Å². The number of aliphatic hydroxyl groups is 1. The minimum atomic E-state index is -0.0597. The molecule has 0 bridgehead atoms. The van der Waals surface area contributed by atoms with Gasteiger partial charge in [-0.2, -0.15) is 0 Å². The zero-order chi connectivity index (χ0) is 17.6. The highest BCUT2D eigenvalue weighted by Crippen LogP contribution is 2.16. The predicted octanol–water partition coefficient (Wildman–Crippen LogP) is 2.22. The molecule has 0 aliphatic rings. The average molecular weight is 338 g/mol. The fourth-order valence-corrected chi connectivity index (χ4v) is 2.85.